The molecule has 0 saturated carbocycles. The number of aliphatic hydroxyl groups excluding tert-OH is 1. The van der Waals surface area contributed by atoms with Gasteiger partial charge in [-0.2, -0.15) is 0 Å². The number of aryl methyl sites for hydroxylation is 2. The summed E-state index contributed by atoms with van der Waals surface area (Å²) in [6.45, 7) is 2.07. The summed E-state index contributed by atoms with van der Waals surface area (Å²) in [7, 11) is 0. The molecule has 10 heteroatoms. The Bertz CT molecular complexity index is 1240. The minimum Gasteiger partial charge on any atom is -0.481 e. The fourth-order valence-corrected chi connectivity index (χ4v) is 4.13. The largest absolute Gasteiger partial charge is 0.481 e. The summed E-state index contributed by atoms with van der Waals surface area (Å²) in [4.78, 5) is 41.9. The molecule has 2 aromatic carbocycles. The Morgan fingerprint density at radius 3 is 2.58 bits per heavy atom. The Balaban J connectivity index is 1.35. The summed E-state index contributed by atoms with van der Waals surface area (Å²) in [6, 6.07) is 13.6. The zero-order valence-electron chi connectivity index (χ0n) is 19.8. The van der Waals surface area contributed by atoms with E-state index in [1.165, 1.54) is 6.20 Å². The highest BCUT2D eigenvalue weighted by molar-refractivity contribution is 6.00. The number of carboxylic acids is 1. The van der Waals surface area contributed by atoms with Gasteiger partial charge in [-0.15, -0.1) is 0 Å². The molecule has 0 radical (unpaired) electrons. The number of nitrogens with zero attached hydrogens (tertiary/aromatic N) is 2. The number of aromatic nitrogens is 1. The van der Waals surface area contributed by atoms with E-state index in [0.29, 0.717) is 23.8 Å². The number of para-hydroxylation sites is 1. The molecule has 3 aromatic rings. The molecule has 188 valence electrons. The van der Waals surface area contributed by atoms with Crippen molar-refractivity contribution in [2.75, 3.05) is 17.2 Å². The van der Waals surface area contributed by atoms with Crippen molar-refractivity contribution < 1.29 is 29.0 Å². The van der Waals surface area contributed by atoms with Crippen molar-refractivity contribution in [3.8, 4) is 0 Å². The lowest BCUT2D eigenvalue weighted by Gasteiger charge is -2.22. The first kappa shape index (κ1) is 24.9. The third-order valence-corrected chi connectivity index (χ3v) is 6.00. The van der Waals surface area contributed by atoms with Gasteiger partial charge in [0.15, 0.2) is 0 Å². The Labute approximate surface area is 208 Å². The lowest BCUT2D eigenvalue weighted by atomic mass is 10.1. The van der Waals surface area contributed by atoms with Crippen LogP contribution >= 0.6 is 0 Å². The quantitative estimate of drug-likeness (QED) is 0.376. The van der Waals surface area contributed by atoms with Crippen LogP contribution in [0.15, 0.2) is 59.1 Å². The number of urea groups is 1. The molecular formula is C26H28N4O6. The number of hydrogen-bond acceptors (Lipinski definition) is 6. The number of amides is 3. The van der Waals surface area contributed by atoms with E-state index < -0.39 is 18.1 Å². The number of β-amino-alcohol motifs (C(OH)–C–C–N with tert-alkyl or cyclic N) is 1. The first-order valence-corrected chi connectivity index (χ1v) is 11.6. The van der Waals surface area contributed by atoms with Gasteiger partial charge in [-0.1, -0.05) is 30.3 Å². The number of carbonyl (C=O) groups excluding carboxylic acids is 2. The van der Waals surface area contributed by atoms with Crippen LogP contribution in [-0.4, -0.2) is 50.7 Å². The van der Waals surface area contributed by atoms with Crippen LogP contribution in [0.1, 0.15) is 41.7 Å². The number of carbonyl (C=O) groups is 3. The number of carboxylic acid groups (broad SMARTS) is 1. The fraction of sp³-hybridized carbons (Fsp3) is 0.308. The second-order valence-electron chi connectivity index (χ2n) is 8.78. The van der Waals surface area contributed by atoms with E-state index in [0.717, 1.165) is 16.8 Å². The number of oxazole rings is 1. The van der Waals surface area contributed by atoms with Crippen molar-refractivity contribution in [3.05, 3.63) is 77.5 Å². The molecule has 3 amide bonds. The van der Waals surface area contributed by atoms with Gasteiger partial charge in [0.05, 0.1) is 25.1 Å². The van der Waals surface area contributed by atoms with E-state index in [1.54, 1.807) is 29.2 Å². The zero-order valence-corrected chi connectivity index (χ0v) is 19.8. The number of hydrogen-bond donors (Lipinski definition) is 4. The molecule has 2 unspecified atom stereocenters. The number of benzene rings is 2. The van der Waals surface area contributed by atoms with Gasteiger partial charge in [0, 0.05) is 30.8 Å². The lowest BCUT2D eigenvalue weighted by molar-refractivity contribution is -0.137. The Morgan fingerprint density at radius 1 is 1.11 bits per heavy atom. The molecule has 2 atom stereocenters. The summed E-state index contributed by atoms with van der Waals surface area (Å²) in [5, 5.41) is 24.6. The van der Waals surface area contributed by atoms with Crippen LogP contribution in [0.4, 0.5) is 16.2 Å². The minimum absolute atomic E-state index is 0.0804. The van der Waals surface area contributed by atoms with Crippen molar-refractivity contribution in [3.63, 3.8) is 0 Å². The maximum absolute atomic E-state index is 13.1. The van der Waals surface area contributed by atoms with Gasteiger partial charge in [0.25, 0.3) is 0 Å². The topological polar surface area (TPSA) is 145 Å². The van der Waals surface area contributed by atoms with Gasteiger partial charge in [0.1, 0.15) is 11.8 Å². The predicted molar refractivity (Wildman–Crippen MR) is 132 cm³/mol. The highest BCUT2D eigenvalue weighted by Gasteiger charge is 2.38. The second kappa shape index (κ2) is 11.0. The van der Waals surface area contributed by atoms with Crippen LogP contribution in [0.2, 0.25) is 0 Å². The smallest absolute Gasteiger partial charge is 0.323 e. The molecule has 10 nitrogen and oxygen atoms in total. The number of anilines is 2. The average molecular weight is 493 g/mol. The van der Waals surface area contributed by atoms with Gasteiger partial charge < -0.3 is 30.2 Å². The number of aliphatic hydroxyl groups is 1. The summed E-state index contributed by atoms with van der Waals surface area (Å²) in [5.74, 6) is -0.413. The van der Waals surface area contributed by atoms with E-state index in [4.69, 9.17) is 9.52 Å². The molecule has 4 rings (SSSR count). The molecule has 2 heterocycles. The van der Waals surface area contributed by atoms with Gasteiger partial charge in [-0.3, -0.25) is 9.59 Å². The van der Waals surface area contributed by atoms with Crippen molar-refractivity contribution in [2.45, 2.75) is 44.8 Å². The summed E-state index contributed by atoms with van der Waals surface area (Å²) in [6.07, 6.45) is 1.28. The summed E-state index contributed by atoms with van der Waals surface area (Å²) >= 11 is 0. The minimum atomic E-state index is -0.936. The average Bonchev–Trinajstić information content (AvgIpc) is 3.47. The molecule has 1 saturated heterocycles. The summed E-state index contributed by atoms with van der Waals surface area (Å²) < 4.78 is 5.67. The van der Waals surface area contributed by atoms with E-state index in [9.17, 15) is 19.5 Å². The van der Waals surface area contributed by atoms with Crippen LogP contribution in [0.5, 0.6) is 0 Å². The molecule has 0 bridgehead atoms. The Hall–Kier alpha value is -4.18. The maximum atomic E-state index is 13.1. The van der Waals surface area contributed by atoms with Crippen LogP contribution < -0.4 is 10.6 Å². The van der Waals surface area contributed by atoms with E-state index in [2.05, 4.69) is 15.6 Å². The predicted octanol–water partition coefficient (Wildman–Crippen LogP) is 3.52. The second-order valence-corrected chi connectivity index (χ2v) is 8.78. The number of rotatable bonds is 8. The van der Waals surface area contributed by atoms with Gasteiger partial charge in [0.2, 0.25) is 11.8 Å². The molecular weight excluding hydrogens is 464 g/mol. The molecule has 4 N–H and O–H groups in total. The van der Waals surface area contributed by atoms with Crippen molar-refractivity contribution in [1.82, 2.24) is 9.88 Å². The third-order valence-electron chi connectivity index (χ3n) is 6.00. The summed E-state index contributed by atoms with van der Waals surface area (Å²) in [5.41, 5.74) is 3.01. The zero-order chi connectivity index (χ0) is 25.7. The van der Waals surface area contributed by atoms with Gasteiger partial charge in [-0.25, -0.2) is 9.78 Å². The molecule has 1 aromatic heterocycles. The molecule has 36 heavy (non-hydrogen) atoms. The highest BCUT2D eigenvalue weighted by Crippen LogP contribution is 2.32. The monoisotopic (exact) mass is 492 g/mol. The van der Waals surface area contributed by atoms with E-state index >= 15 is 0 Å². The van der Waals surface area contributed by atoms with Crippen molar-refractivity contribution >= 4 is 29.3 Å². The molecule has 0 spiro atoms. The van der Waals surface area contributed by atoms with Crippen LogP contribution in [0.25, 0.3) is 0 Å². The molecule has 1 aliphatic heterocycles. The lowest BCUT2D eigenvalue weighted by Crippen LogP contribution is -2.33. The first-order valence-electron chi connectivity index (χ1n) is 11.6. The van der Waals surface area contributed by atoms with Gasteiger partial charge >= 0.3 is 12.0 Å². The standard InChI is InChI=1S/C26H28N4O6/c1-16-4-2-3-5-21(16)29-26(35)28-18-8-6-17(7-9-18)12-23(32)30-15-19(31)13-22(30)25-27-14-20(36-25)10-11-24(33)34/h2-9,14,19,22,31H,10-13,15H2,1H3,(H,33,34)(H2,28,29,35). The third kappa shape index (κ3) is 6.28. The van der Waals surface area contributed by atoms with Crippen LogP contribution in [0, 0.1) is 6.92 Å². The van der Waals surface area contributed by atoms with E-state index in [1.807, 2.05) is 31.2 Å². The van der Waals surface area contributed by atoms with Crippen molar-refractivity contribution in [2.24, 2.45) is 0 Å². The van der Waals surface area contributed by atoms with Crippen molar-refractivity contribution in [1.29, 1.82) is 0 Å². The van der Waals surface area contributed by atoms with Crippen LogP contribution in [0.3, 0.4) is 0 Å². The normalized spacial score (nSPS) is 17.1. The van der Waals surface area contributed by atoms with E-state index in [-0.39, 0.29) is 37.7 Å². The highest BCUT2D eigenvalue weighted by atomic mass is 16.4. The molecule has 0 aliphatic carbocycles. The molecule has 1 fully saturated rings. The molecule has 1 aliphatic rings. The maximum Gasteiger partial charge on any atom is 0.323 e. The van der Waals surface area contributed by atoms with Crippen LogP contribution in [-0.2, 0) is 22.4 Å². The Kier molecular flexibility index (Phi) is 7.65. The Morgan fingerprint density at radius 2 is 1.86 bits per heavy atom. The number of nitrogens with one attached hydrogen (secondary N) is 2. The SMILES string of the molecule is Cc1ccccc1NC(=O)Nc1ccc(CC(=O)N2CC(O)CC2c2ncc(CCC(=O)O)o2)cc1. The fourth-order valence-electron chi connectivity index (χ4n) is 4.13. The number of likely N-dealkylation sites (tertiary alicyclic amines) is 1. The first-order chi connectivity index (χ1) is 17.3. The number of aliphatic carboxylic acids is 1. The van der Waals surface area contributed by atoms with Gasteiger partial charge in [-0.05, 0) is 36.2 Å².